The second-order valence-electron chi connectivity index (χ2n) is 4.84. The molecule has 6 heteroatoms. The minimum Gasteiger partial charge on any atom is -0.459 e. The van der Waals surface area contributed by atoms with E-state index in [-0.39, 0.29) is 5.76 Å². The minimum atomic E-state index is -0.416. The minimum absolute atomic E-state index is 0.201. The lowest BCUT2D eigenvalue weighted by Crippen LogP contribution is -2.16. The summed E-state index contributed by atoms with van der Waals surface area (Å²) in [7, 11) is 0. The van der Waals surface area contributed by atoms with Crippen LogP contribution in [0.5, 0.6) is 0 Å². The van der Waals surface area contributed by atoms with E-state index >= 15 is 0 Å². The summed E-state index contributed by atoms with van der Waals surface area (Å²) in [4.78, 5) is 11.6. The normalized spacial score (nSPS) is 11.0. The first-order valence-electron chi connectivity index (χ1n) is 6.87. The number of aryl methyl sites for hydroxylation is 1. The Bertz CT molecular complexity index is 851. The second-order valence-corrected chi connectivity index (χ2v) is 5.70. The number of nitrogens with zero attached hydrogens (tertiary/aromatic N) is 1. The molecule has 1 amide bonds. The van der Waals surface area contributed by atoms with Crippen molar-refractivity contribution >= 4 is 28.1 Å². The maximum absolute atomic E-state index is 11.6. The molecule has 0 aliphatic carbocycles. The van der Waals surface area contributed by atoms with Crippen molar-refractivity contribution in [2.24, 2.45) is 5.10 Å². The van der Waals surface area contributed by atoms with Crippen LogP contribution >= 0.6 is 15.9 Å². The molecule has 0 fully saturated rings. The maximum Gasteiger partial charge on any atom is 0.307 e. The Hall–Kier alpha value is -2.60. The molecule has 0 bridgehead atoms. The van der Waals surface area contributed by atoms with Gasteiger partial charge >= 0.3 is 5.91 Å². The molecule has 1 aromatic carbocycles. The number of hydrogen-bond donors (Lipinski definition) is 1. The number of benzene rings is 1. The highest BCUT2D eigenvalue weighted by atomic mass is 79.9. The van der Waals surface area contributed by atoms with Crippen molar-refractivity contribution in [1.82, 2.24) is 5.43 Å². The molecule has 0 aliphatic rings. The van der Waals surface area contributed by atoms with Gasteiger partial charge < -0.3 is 8.83 Å². The molecule has 2 aromatic heterocycles. The number of rotatable bonds is 4. The number of hydrogen-bond acceptors (Lipinski definition) is 4. The Labute approximate surface area is 141 Å². The van der Waals surface area contributed by atoms with E-state index in [9.17, 15) is 4.79 Å². The topological polar surface area (TPSA) is 67.7 Å². The second kappa shape index (κ2) is 6.66. The van der Waals surface area contributed by atoms with Gasteiger partial charge in [-0.3, -0.25) is 4.79 Å². The predicted octanol–water partition coefficient (Wildman–Crippen LogP) is 4.37. The van der Waals surface area contributed by atoms with E-state index in [1.807, 2.05) is 31.2 Å². The Morgan fingerprint density at radius 3 is 2.87 bits per heavy atom. The van der Waals surface area contributed by atoms with Crippen LogP contribution in [0.4, 0.5) is 0 Å². The smallest absolute Gasteiger partial charge is 0.307 e. The average molecular weight is 373 g/mol. The van der Waals surface area contributed by atoms with Gasteiger partial charge in [-0.25, -0.2) is 5.43 Å². The molecule has 0 aliphatic heterocycles. The van der Waals surface area contributed by atoms with Crippen LogP contribution < -0.4 is 5.43 Å². The number of hydrazone groups is 1. The Balaban J connectivity index is 1.68. The first-order valence-corrected chi connectivity index (χ1v) is 7.66. The first-order chi connectivity index (χ1) is 11.1. The van der Waals surface area contributed by atoms with Gasteiger partial charge in [0, 0.05) is 10.0 Å². The molecule has 0 saturated carbocycles. The molecule has 0 spiro atoms. The number of amides is 1. The van der Waals surface area contributed by atoms with Crippen molar-refractivity contribution < 1.29 is 13.6 Å². The van der Waals surface area contributed by atoms with Crippen molar-refractivity contribution in [3.63, 3.8) is 0 Å². The highest BCUT2D eigenvalue weighted by molar-refractivity contribution is 9.10. The predicted molar refractivity (Wildman–Crippen MR) is 90.3 cm³/mol. The molecule has 5 nitrogen and oxygen atoms in total. The standard InChI is InChI=1S/C17H13BrN2O3/c1-11-4-5-12(9-14(11)18)15-7-6-13(23-15)10-19-20-17(21)16-3-2-8-22-16/h2-10H,1H3,(H,20,21)/b19-10-. The van der Waals surface area contributed by atoms with Gasteiger partial charge in [0.2, 0.25) is 0 Å². The number of furan rings is 2. The monoisotopic (exact) mass is 372 g/mol. The van der Waals surface area contributed by atoms with Crippen LogP contribution in [0.1, 0.15) is 21.9 Å². The van der Waals surface area contributed by atoms with E-state index < -0.39 is 5.91 Å². The number of carbonyl (C=O) groups excluding carboxylic acids is 1. The van der Waals surface area contributed by atoms with Gasteiger partial charge in [-0.05, 0) is 42.8 Å². The summed E-state index contributed by atoms with van der Waals surface area (Å²) in [6, 6.07) is 12.8. The van der Waals surface area contributed by atoms with Crippen LogP contribution in [0.15, 0.2) is 67.1 Å². The van der Waals surface area contributed by atoms with E-state index in [0.717, 1.165) is 21.4 Å². The van der Waals surface area contributed by atoms with Gasteiger partial charge in [0.15, 0.2) is 5.76 Å². The third-order valence-electron chi connectivity index (χ3n) is 3.19. The summed E-state index contributed by atoms with van der Waals surface area (Å²) in [6.45, 7) is 2.02. The van der Waals surface area contributed by atoms with Crippen LogP contribution in [-0.4, -0.2) is 12.1 Å². The van der Waals surface area contributed by atoms with E-state index in [4.69, 9.17) is 8.83 Å². The molecule has 116 valence electrons. The zero-order chi connectivity index (χ0) is 16.2. The molecule has 0 saturated heterocycles. The van der Waals surface area contributed by atoms with E-state index in [1.165, 1.54) is 12.5 Å². The van der Waals surface area contributed by atoms with Crippen LogP contribution in [0.3, 0.4) is 0 Å². The lowest BCUT2D eigenvalue weighted by atomic mass is 10.1. The summed E-state index contributed by atoms with van der Waals surface area (Å²) in [6.07, 6.45) is 2.87. The average Bonchev–Trinajstić information content (AvgIpc) is 3.21. The van der Waals surface area contributed by atoms with Crippen molar-refractivity contribution in [3.8, 4) is 11.3 Å². The molecule has 3 aromatic rings. The summed E-state index contributed by atoms with van der Waals surface area (Å²) >= 11 is 3.50. The maximum atomic E-state index is 11.6. The fourth-order valence-electron chi connectivity index (χ4n) is 1.94. The van der Waals surface area contributed by atoms with E-state index in [1.54, 1.807) is 18.2 Å². The number of carbonyl (C=O) groups is 1. The lowest BCUT2D eigenvalue weighted by Gasteiger charge is -2.01. The van der Waals surface area contributed by atoms with Gasteiger partial charge in [-0.1, -0.05) is 28.1 Å². The summed E-state index contributed by atoms with van der Waals surface area (Å²) in [5.74, 6) is 1.05. The Morgan fingerprint density at radius 2 is 2.13 bits per heavy atom. The third kappa shape index (κ3) is 3.60. The third-order valence-corrected chi connectivity index (χ3v) is 4.04. The van der Waals surface area contributed by atoms with Crippen LogP contribution in [0, 0.1) is 6.92 Å². The van der Waals surface area contributed by atoms with Gasteiger partial charge in [0.1, 0.15) is 11.5 Å². The zero-order valence-electron chi connectivity index (χ0n) is 12.2. The number of nitrogens with one attached hydrogen (secondary N) is 1. The first kappa shape index (κ1) is 15.3. The van der Waals surface area contributed by atoms with Crippen LogP contribution in [-0.2, 0) is 0 Å². The van der Waals surface area contributed by atoms with Crippen molar-refractivity contribution in [1.29, 1.82) is 0 Å². The number of halogens is 1. The lowest BCUT2D eigenvalue weighted by molar-refractivity contribution is 0.0927. The zero-order valence-corrected chi connectivity index (χ0v) is 13.8. The Morgan fingerprint density at radius 1 is 1.26 bits per heavy atom. The van der Waals surface area contributed by atoms with Crippen molar-refractivity contribution in [2.75, 3.05) is 0 Å². The molecule has 0 unspecified atom stereocenters. The molecule has 3 rings (SSSR count). The summed E-state index contributed by atoms with van der Waals surface area (Å²) in [5.41, 5.74) is 4.48. The molecule has 2 heterocycles. The van der Waals surface area contributed by atoms with Crippen LogP contribution in [0.25, 0.3) is 11.3 Å². The Kier molecular flexibility index (Phi) is 4.43. The molecule has 1 N–H and O–H groups in total. The largest absolute Gasteiger partial charge is 0.459 e. The van der Waals surface area contributed by atoms with Gasteiger partial charge in [-0.15, -0.1) is 0 Å². The molecular weight excluding hydrogens is 360 g/mol. The highest BCUT2D eigenvalue weighted by Crippen LogP contribution is 2.26. The molecule has 0 radical (unpaired) electrons. The van der Waals surface area contributed by atoms with Gasteiger partial charge in [-0.2, -0.15) is 5.10 Å². The fourth-order valence-corrected chi connectivity index (χ4v) is 2.32. The summed E-state index contributed by atoms with van der Waals surface area (Å²) in [5, 5.41) is 3.85. The van der Waals surface area contributed by atoms with Crippen molar-refractivity contribution in [3.05, 3.63) is 70.3 Å². The van der Waals surface area contributed by atoms with Gasteiger partial charge in [0.05, 0.1) is 12.5 Å². The van der Waals surface area contributed by atoms with Gasteiger partial charge in [0.25, 0.3) is 0 Å². The van der Waals surface area contributed by atoms with Crippen molar-refractivity contribution in [2.45, 2.75) is 6.92 Å². The molecular formula is C17H13BrN2O3. The van der Waals surface area contributed by atoms with E-state index in [2.05, 4.69) is 26.5 Å². The molecule has 0 atom stereocenters. The quantitative estimate of drug-likeness (QED) is 0.545. The highest BCUT2D eigenvalue weighted by Gasteiger charge is 2.07. The molecule has 23 heavy (non-hydrogen) atoms. The fraction of sp³-hybridized carbons (Fsp3) is 0.0588. The summed E-state index contributed by atoms with van der Waals surface area (Å²) < 4.78 is 11.7. The van der Waals surface area contributed by atoms with Crippen LogP contribution in [0.2, 0.25) is 0 Å². The SMILES string of the molecule is Cc1ccc(-c2ccc(/C=N\NC(=O)c3ccco3)o2)cc1Br. The van der Waals surface area contributed by atoms with E-state index in [0.29, 0.717) is 5.76 Å².